The molecule has 104 valence electrons. The lowest BCUT2D eigenvalue weighted by Gasteiger charge is -2.23. The minimum absolute atomic E-state index is 0.0555. The number of hydrogen-bond donors (Lipinski definition) is 2. The second-order valence-corrected chi connectivity index (χ2v) is 6.21. The Kier molecular flexibility index (Phi) is 3.33. The first-order valence-electron chi connectivity index (χ1n) is 7.35. The maximum atomic E-state index is 12.2. The molecule has 1 amide bonds. The lowest BCUT2D eigenvalue weighted by molar-refractivity contribution is -0.147. The summed E-state index contributed by atoms with van der Waals surface area (Å²) in [7, 11) is 0. The number of carboxylic acids is 1. The van der Waals surface area contributed by atoms with Crippen LogP contribution in [0.1, 0.15) is 32.1 Å². The van der Waals surface area contributed by atoms with Crippen LogP contribution in [-0.4, -0.2) is 23.5 Å². The molecule has 2 saturated carbocycles. The van der Waals surface area contributed by atoms with Crippen LogP contribution in [0.15, 0.2) is 12.2 Å². The van der Waals surface area contributed by atoms with E-state index in [1.165, 1.54) is 19.3 Å². The van der Waals surface area contributed by atoms with E-state index in [-0.39, 0.29) is 23.7 Å². The molecule has 0 saturated heterocycles. The summed E-state index contributed by atoms with van der Waals surface area (Å²) in [6.07, 6.45) is 9.72. The standard InChI is InChI=1S/C15H21NO3/c17-14(16-7-1-2-9-3-4-9)12-10-5-6-11(8-10)13(12)15(18)19/h5-6,9-13H,1-4,7-8H2,(H,16,17)(H,18,19)/t10?,11?,12-,13+/m0/s1. The van der Waals surface area contributed by atoms with E-state index in [4.69, 9.17) is 0 Å². The first-order chi connectivity index (χ1) is 9.16. The molecule has 4 heteroatoms. The molecule has 3 rings (SSSR count). The molecular weight excluding hydrogens is 242 g/mol. The van der Waals surface area contributed by atoms with E-state index in [0.717, 1.165) is 18.8 Å². The lowest BCUT2D eigenvalue weighted by atomic mass is 9.82. The Bertz CT molecular complexity index is 414. The van der Waals surface area contributed by atoms with Crippen LogP contribution in [0.4, 0.5) is 0 Å². The van der Waals surface area contributed by atoms with Gasteiger partial charge in [0.05, 0.1) is 11.8 Å². The molecule has 0 heterocycles. The number of hydrogen-bond acceptors (Lipinski definition) is 2. The third-order valence-electron chi connectivity index (χ3n) is 4.83. The van der Waals surface area contributed by atoms with E-state index < -0.39 is 11.9 Å². The molecule has 3 aliphatic carbocycles. The van der Waals surface area contributed by atoms with Gasteiger partial charge in [-0.05, 0) is 37.0 Å². The molecular formula is C15H21NO3. The molecule has 2 bridgehead atoms. The van der Waals surface area contributed by atoms with Gasteiger partial charge in [0, 0.05) is 6.54 Å². The molecule has 0 aromatic rings. The summed E-state index contributed by atoms with van der Waals surface area (Å²) in [4.78, 5) is 23.5. The van der Waals surface area contributed by atoms with Crippen molar-refractivity contribution in [3.05, 3.63) is 12.2 Å². The zero-order valence-corrected chi connectivity index (χ0v) is 11.0. The normalized spacial score (nSPS) is 35.6. The van der Waals surface area contributed by atoms with Gasteiger partial charge in [-0.3, -0.25) is 9.59 Å². The van der Waals surface area contributed by atoms with Crippen molar-refractivity contribution in [2.45, 2.75) is 32.1 Å². The minimum Gasteiger partial charge on any atom is -0.481 e. The maximum absolute atomic E-state index is 12.2. The lowest BCUT2D eigenvalue weighted by Crippen LogP contribution is -2.40. The Morgan fingerprint density at radius 2 is 1.84 bits per heavy atom. The van der Waals surface area contributed by atoms with Gasteiger partial charge in [0.2, 0.25) is 5.91 Å². The van der Waals surface area contributed by atoms with Gasteiger partial charge in [0.25, 0.3) is 0 Å². The molecule has 0 aliphatic heterocycles. The van der Waals surface area contributed by atoms with Gasteiger partial charge in [0.1, 0.15) is 0 Å². The number of nitrogens with one attached hydrogen (secondary N) is 1. The number of carbonyl (C=O) groups excluding carboxylic acids is 1. The number of carbonyl (C=O) groups is 2. The Balaban J connectivity index is 1.52. The predicted octanol–water partition coefficient (Wildman–Crippen LogP) is 1.82. The first kappa shape index (κ1) is 12.7. The summed E-state index contributed by atoms with van der Waals surface area (Å²) in [6, 6.07) is 0. The van der Waals surface area contributed by atoms with Crippen LogP contribution in [0.3, 0.4) is 0 Å². The van der Waals surface area contributed by atoms with Gasteiger partial charge < -0.3 is 10.4 Å². The highest BCUT2D eigenvalue weighted by atomic mass is 16.4. The van der Waals surface area contributed by atoms with E-state index in [2.05, 4.69) is 5.32 Å². The third kappa shape index (κ3) is 2.53. The van der Waals surface area contributed by atoms with Crippen LogP contribution >= 0.6 is 0 Å². The van der Waals surface area contributed by atoms with Crippen molar-refractivity contribution >= 4 is 11.9 Å². The van der Waals surface area contributed by atoms with Crippen LogP contribution in [0.25, 0.3) is 0 Å². The fraction of sp³-hybridized carbons (Fsp3) is 0.733. The molecule has 2 fully saturated rings. The number of allylic oxidation sites excluding steroid dienone is 2. The average Bonchev–Trinajstić information content (AvgIpc) is 2.97. The molecule has 0 aromatic carbocycles. The highest BCUT2D eigenvalue weighted by Gasteiger charge is 2.51. The monoisotopic (exact) mass is 263 g/mol. The maximum Gasteiger partial charge on any atom is 0.307 e. The van der Waals surface area contributed by atoms with E-state index >= 15 is 0 Å². The number of carboxylic acid groups (broad SMARTS) is 1. The summed E-state index contributed by atoms with van der Waals surface area (Å²) >= 11 is 0. The highest BCUT2D eigenvalue weighted by molar-refractivity contribution is 5.86. The van der Waals surface area contributed by atoms with Gasteiger partial charge in [-0.2, -0.15) is 0 Å². The Labute approximate surface area is 113 Å². The molecule has 3 aliphatic rings. The zero-order valence-electron chi connectivity index (χ0n) is 11.0. The molecule has 4 nitrogen and oxygen atoms in total. The third-order valence-corrected chi connectivity index (χ3v) is 4.83. The minimum atomic E-state index is -0.824. The van der Waals surface area contributed by atoms with Crippen molar-refractivity contribution in [3.63, 3.8) is 0 Å². The van der Waals surface area contributed by atoms with Crippen molar-refractivity contribution in [2.75, 3.05) is 6.54 Å². The number of amides is 1. The van der Waals surface area contributed by atoms with E-state index in [0.29, 0.717) is 6.54 Å². The van der Waals surface area contributed by atoms with Gasteiger partial charge >= 0.3 is 5.97 Å². The fourth-order valence-corrected chi connectivity index (χ4v) is 3.64. The van der Waals surface area contributed by atoms with Crippen molar-refractivity contribution < 1.29 is 14.7 Å². The van der Waals surface area contributed by atoms with Crippen LogP contribution < -0.4 is 5.32 Å². The summed E-state index contributed by atoms with van der Waals surface area (Å²) in [5, 5.41) is 12.2. The van der Waals surface area contributed by atoms with Crippen molar-refractivity contribution in [3.8, 4) is 0 Å². The topological polar surface area (TPSA) is 66.4 Å². The van der Waals surface area contributed by atoms with Gasteiger partial charge in [-0.25, -0.2) is 0 Å². The summed E-state index contributed by atoms with van der Waals surface area (Å²) in [6.45, 7) is 0.694. The van der Waals surface area contributed by atoms with Gasteiger partial charge in [-0.1, -0.05) is 25.0 Å². The SMILES string of the molecule is O=C(O)[C@@H]1C2C=CC(C2)[C@@H]1C(=O)NCCCC1CC1. The van der Waals surface area contributed by atoms with E-state index in [1.807, 2.05) is 12.2 Å². The van der Waals surface area contributed by atoms with Gasteiger partial charge in [0.15, 0.2) is 0 Å². The van der Waals surface area contributed by atoms with E-state index in [1.54, 1.807) is 0 Å². The Morgan fingerprint density at radius 1 is 1.16 bits per heavy atom. The largest absolute Gasteiger partial charge is 0.481 e. The Morgan fingerprint density at radius 3 is 2.47 bits per heavy atom. The van der Waals surface area contributed by atoms with Crippen molar-refractivity contribution in [1.29, 1.82) is 0 Å². The molecule has 19 heavy (non-hydrogen) atoms. The summed E-state index contributed by atoms with van der Waals surface area (Å²) < 4.78 is 0. The zero-order chi connectivity index (χ0) is 13.4. The second kappa shape index (κ2) is 4.99. The molecule has 2 N–H and O–H groups in total. The molecule has 4 atom stereocenters. The number of fused-ring (bicyclic) bond motifs is 2. The molecule has 0 spiro atoms. The fourth-order valence-electron chi connectivity index (χ4n) is 3.64. The van der Waals surface area contributed by atoms with Crippen molar-refractivity contribution in [1.82, 2.24) is 5.32 Å². The van der Waals surface area contributed by atoms with Crippen LogP contribution in [0, 0.1) is 29.6 Å². The Hall–Kier alpha value is -1.32. The second-order valence-electron chi connectivity index (χ2n) is 6.21. The predicted molar refractivity (Wildman–Crippen MR) is 70.3 cm³/mol. The van der Waals surface area contributed by atoms with Crippen LogP contribution in [0.5, 0.6) is 0 Å². The highest BCUT2D eigenvalue weighted by Crippen LogP contribution is 2.48. The van der Waals surface area contributed by atoms with Crippen LogP contribution in [0.2, 0.25) is 0 Å². The van der Waals surface area contributed by atoms with Crippen molar-refractivity contribution in [2.24, 2.45) is 29.6 Å². The van der Waals surface area contributed by atoms with E-state index in [9.17, 15) is 14.7 Å². The summed E-state index contributed by atoms with van der Waals surface area (Å²) in [5.41, 5.74) is 0. The molecule has 0 radical (unpaired) electrons. The number of rotatable bonds is 6. The smallest absolute Gasteiger partial charge is 0.307 e. The van der Waals surface area contributed by atoms with Crippen LogP contribution in [-0.2, 0) is 9.59 Å². The molecule has 2 unspecified atom stereocenters. The molecule has 0 aromatic heterocycles. The number of aliphatic carboxylic acids is 1. The average molecular weight is 263 g/mol. The summed E-state index contributed by atoms with van der Waals surface area (Å²) in [5.74, 6) is -0.671. The quantitative estimate of drug-likeness (QED) is 0.567. The first-order valence-corrected chi connectivity index (χ1v) is 7.35. The van der Waals surface area contributed by atoms with Gasteiger partial charge in [-0.15, -0.1) is 0 Å².